The third kappa shape index (κ3) is 3.23. The minimum atomic E-state index is -3.73. The second-order valence-electron chi connectivity index (χ2n) is 3.86. The molecule has 0 amide bonds. The first-order valence-corrected chi connectivity index (χ1v) is 8.40. The van der Waals surface area contributed by atoms with Gasteiger partial charge in [-0.05, 0) is 19.4 Å². The summed E-state index contributed by atoms with van der Waals surface area (Å²) in [5, 5.41) is 11.7. The molecule has 7 nitrogen and oxygen atoms in total. The van der Waals surface area contributed by atoms with E-state index >= 15 is 0 Å². The Bertz CT molecular complexity index is 684. The van der Waals surface area contributed by atoms with Crippen LogP contribution in [0.5, 0.6) is 0 Å². The lowest BCUT2D eigenvalue weighted by Crippen LogP contribution is -2.15. The number of nitrogens with zero attached hydrogens (tertiary/aromatic N) is 3. The van der Waals surface area contributed by atoms with E-state index in [9.17, 15) is 8.42 Å². The summed E-state index contributed by atoms with van der Waals surface area (Å²) in [6.45, 7) is 4.44. The number of hydrogen-bond donors (Lipinski definition) is 2. The zero-order valence-corrected chi connectivity index (χ0v) is 12.8. The molecule has 0 aliphatic heterocycles. The van der Waals surface area contributed by atoms with Crippen molar-refractivity contribution in [3.8, 4) is 0 Å². The Hall–Kier alpha value is -1.74. The fourth-order valence-corrected chi connectivity index (χ4v) is 3.57. The average molecular weight is 313 g/mol. The van der Waals surface area contributed by atoms with Gasteiger partial charge in [-0.2, -0.15) is 0 Å². The summed E-state index contributed by atoms with van der Waals surface area (Å²) in [4.78, 5) is 3.96. The van der Waals surface area contributed by atoms with Crippen molar-refractivity contribution in [2.45, 2.75) is 25.2 Å². The summed E-state index contributed by atoms with van der Waals surface area (Å²) in [5.41, 5.74) is 0.509. The van der Waals surface area contributed by atoms with Gasteiger partial charge in [-0.25, -0.2) is 8.42 Å². The van der Waals surface area contributed by atoms with Crippen LogP contribution in [0.15, 0.2) is 23.4 Å². The standard InChI is InChI=1S/C11H15N5O2S2/c1-3-10-14-15-11(19-10)16-20(17,18)9-7-12-6-5-8(9)13-4-2/h5-7H,3-4H2,1-2H3,(H,12,13)(H,15,16). The lowest BCUT2D eigenvalue weighted by molar-refractivity contribution is 0.601. The second-order valence-corrected chi connectivity index (χ2v) is 6.58. The van der Waals surface area contributed by atoms with Crippen molar-refractivity contribution >= 4 is 32.2 Å². The molecule has 0 saturated heterocycles. The highest BCUT2D eigenvalue weighted by atomic mass is 32.2. The van der Waals surface area contributed by atoms with Gasteiger partial charge < -0.3 is 5.32 Å². The molecule has 2 aromatic rings. The summed E-state index contributed by atoms with van der Waals surface area (Å²) in [7, 11) is -3.73. The lowest BCUT2D eigenvalue weighted by Gasteiger charge is -2.10. The van der Waals surface area contributed by atoms with Gasteiger partial charge in [0, 0.05) is 18.9 Å². The van der Waals surface area contributed by atoms with E-state index in [1.165, 1.54) is 23.7 Å². The second kappa shape index (κ2) is 6.14. The minimum Gasteiger partial charge on any atom is -0.384 e. The van der Waals surface area contributed by atoms with Crippen molar-refractivity contribution in [3.63, 3.8) is 0 Å². The van der Waals surface area contributed by atoms with E-state index in [4.69, 9.17) is 0 Å². The van der Waals surface area contributed by atoms with Crippen molar-refractivity contribution in [2.24, 2.45) is 0 Å². The zero-order chi connectivity index (χ0) is 14.6. The summed E-state index contributed by atoms with van der Waals surface area (Å²) >= 11 is 1.22. The van der Waals surface area contributed by atoms with Gasteiger partial charge in [0.15, 0.2) is 0 Å². The average Bonchev–Trinajstić information content (AvgIpc) is 2.86. The van der Waals surface area contributed by atoms with Crippen LogP contribution in [0, 0.1) is 0 Å². The molecule has 2 rings (SSSR count). The molecule has 108 valence electrons. The fraction of sp³-hybridized carbons (Fsp3) is 0.364. The third-order valence-electron chi connectivity index (χ3n) is 2.43. The maximum absolute atomic E-state index is 12.3. The zero-order valence-electron chi connectivity index (χ0n) is 11.1. The van der Waals surface area contributed by atoms with E-state index in [1.54, 1.807) is 6.07 Å². The molecule has 0 aromatic carbocycles. The van der Waals surface area contributed by atoms with Gasteiger partial charge in [0.05, 0.1) is 5.69 Å². The van der Waals surface area contributed by atoms with Crippen LogP contribution in [0.4, 0.5) is 10.8 Å². The molecule has 2 N–H and O–H groups in total. The van der Waals surface area contributed by atoms with Crippen LogP contribution in [-0.2, 0) is 16.4 Å². The van der Waals surface area contributed by atoms with Gasteiger partial charge in [-0.1, -0.05) is 18.3 Å². The van der Waals surface area contributed by atoms with E-state index in [-0.39, 0.29) is 10.0 Å². The van der Waals surface area contributed by atoms with Crippen molar-refractivity contribution in [2.75, 3.05) is 16.6 Å². The molecule has 0 bridgehead atoms. The Morgan fingerprint density at radius 2 is 2.10 bits per heavy atom. The van der Waals surface area contributed by atoms with Gasteiger partial charge in [0.1, 0.15) is 9.90 Å². The van der Waals surface area contributed by atoms with Gasteiger partial charge in [-0.15, -0.1) is 10.2 Å². The van der Waals surface area contributed by atoms with Crippen molar-refractivity contribution in [1.29, 1.82) is 0 Å². The number of rotatable bonds is 6. The van der Waals surface area contributed by atoms with Crippen LogP contribution in [0.1, 0.15) is 18.9 Å². The molecule has 0 unspecified atom stereocenters. The predicted molar refractivity (Wildman–Crippen MR) is 78.5 cm³/mol. The Morgan fingerprint density at radius 3 is 2.75 bits per heavy atom. The van der Waals surface area contributed by atoms with Gasteiger partial charge in [0.25, 0.3) is 10.0 Å². The maximum atomic E-state index is 12.3. The Balaban J connectivity index is 2.30. The van der Waals surface area contributed by atoms with Crippen LogP contribution in [0.25, 0.3) is 0 Å². The molecule has 0 aliphatic rings. The van der Waals surface area contributed by atoms with E-state index in [1.807, 2.05) is 13.8 Å². The van der Waals surface area contributed by atoms with Crippen molar-refractivity contribution in [1.82, 2.24) is 15.2 Å². The number of sulfonamides is 1. The summed E-state index contributed by atoms with van der Waals surface area (Å²) in [5.74, 6) is 0. The number of aryl methyl sites for hydroxylation is 1. The summed E-state index contributed by atoms with van der Waals surface area (Å²) < 4.78 is 27.1. The SMILES string of the molecule is CCNc1ccncc1S(=O)(=O)Nc1nnc(CC)s1. The molecule has 20 heavy (non-hydrogen) atoms. The first-order valence-electron chi connectivity index (χ1n) is 6.10. The monoisotopic (exact) mass is 313 g/mol. The number of hydrogen-bond acceptors (Lipinski definition) is 7. The topological polar surface area (TPSA) is 96.9 Å². The number of pyridine rings is 1. The molecular weight excluding hydrogens is 298 g/mol. The van der Waals surface area contributed by atoms with Crippen LogP contribution < -0.4 is 10.0 Å². The Morgan fingerprint density at radius 1 is 1.30 bits per heavy atom. The number of aromatic nitrogens is 3. The van der Waals surface area contributed by atoms with Crippen LogP contribution in [0.3, 0.4) is 0 Å². The molecule has 9 heteroatoms. The van der Waals surface area contributed by atoms with E-state index in [0.717, 1.165) is 11.4 Å². The normalized spacial score (nSPS) is 11.3. The predicted octanol–water partition coefficient (Wildman–Crippen LogP) is 1.73. The lowest BCUT2D eigenvalue weighted by atomic mass is 10.4. The first kappa shape index (κ1) is 14.7. The van der Waals surface area contributed by atoms with Gasteiger partial charge >= 0.3 is 0 Å². The third-order valence-corrected chi connectivity index (χ3v) is 4.91. The molecule has 0 aliphatic carbocycles. The molecular formula is C11H15N5O2S2. The first-order chi connectivity index (χ1) is 9.56. The largest absolute Gasteiger partial charge is 0.384 e. The highest BCUT2D eigenvalue weighted by Gasteiger charge is 2.20. The van der Waals surface area contributed by atoms with Gasteiger partial charge in [0.2, 0.25) is 5.13 Å². The molecule has 2 heterocycles. The quantitative estimate of drug-likeness (QED) is 0.843. The maximum Gasteiger partial charge on any atom is 0.267 e. The van der Waals surface area contributed by atoms with Crippen molar-refractivity contribution in [3.05, 3.63) is 23.5 Å². The van der Waals surface area contributed by atoms with E-state index in [0.29, 0.717) is 12.2 Å². The number of anilines is 2. The highest BCUT2D eigenvalue weighted by Crippen LogP contribution is 2.24. The van der Waals surface area contributed by atoms with Crippen LogP contribution >= 0.6 is 11.3 Å². The summed E-state index contributed by atoms with van der Waals surface area (Å²) in [6.07, 6.45) is 3.56. The molecule has 0 fully saturated rings. The minimum absolute atomic E-state index is 0.0927. The fourth-order valence-electron chi connectivity index (χ4n) is 1.54. The molecule has 0 radical (unpaired) electrons. The van der Waals surface area contributed by atoms with Crippen LogP contribution in [0.2, 0.25) is 0 Å². The van der Waals surface area contributed by atoms with Crippen molar-refractivity contribution < 1.29 is 8.42 Å². The molecule has 0 saturated carbocycles. The Kier molecular flexibility index (Phi) is 4.50. The smallest absolute Gasteiger partial charge is 0.267 e. The molecule has 0 spiro atoms. The number of nitrogens with one attached hydrogen (secondary N) is 2. The Labute approximate surface area is 121 Å². The van der Waals surface area contributed by atoms with Crippen LogP contribution in [-0.4, -0.2) is 30.1 Å². The highest BCUT2D eigenvalue weighted by molar-refractivity contribution is 7.93. The van der Waals surface area contributed by atoms with E-state index < -0.39 is 10.0 Å². The molecule has 0 atom stereocenters. The van der Waals surface area contributed by atoms with Gasteiger partial charge in [-0.3, -0.25) is 9.71 Å². The molecule has 2 aromatic heterocycles. The summed E-state index contributed by atoms with van der Waals surface area (Å²) in [6, 6.07) is 1.62. The van der Waals surface area contributed by atoms with E-state index in [2.05, 4.69) is 25.2 Å².